The molecule has 0 atom stereocenters. The van der Waals surface area contributed by atoms with Gasteiger partial charge in [0.15, 0.2) is 0 Å². The fourth-order valence-corrected chi connectivity index (χ4v) is 2.16. The molecule has 10 heteroatoms. The molecule has 0 amide bonds. The van der Waals surface area contributed by atoms with Gasteiger partial charge in [0, 0.05) is 6.20 Å². The van der Waals surface area contributed by atoms with Gasteiger partial charge in [-0.2, -0.15) is 4.98 Å². The maximum atomic E-state index is 11.5. The monoisotopic (exact) mass is 367 g/mol. The lowest BCUT2D eigenvalue weighted by Crippen LogP contribution is -2.04. The van der Waals surface area contributed by atoms with Crippen LogP contribution in [0.1, 0.15) is 10.4 Å². The van der Waals surface area contributed by atoms with Crippen LogP contribution in [0.3, 0.4) is 0 Å². The molecule has 1 aromatic carbocycles. The van der Waals surface area contributed by atoms with Crippen LogP contribution >= 0.6 is 0 Å². The molecule has 0 bridgehead atoms. The van der Waals surface area contributed by atoms with Crippen LogP contribution in [0, 0.1) is 10.1 Å². The summed E-state index contributed by atoms with van der Waals surface area (Å²) in [5.41, 5.74) is 0.409. The number of carbonyl (C=O) groups is 1. The molecule has 2 heterocycles. The second kappa shape index (κ2) is 7.87. The van der Waals surface area contributed by atoms with Crippen LogP contribution < -0.4 is 10.1 Å². The maximum absolute atomic E-state index is 11.5. The van der Waals surface area contributed by atoms with Crippen molar-refractivity contribution >= 4 is 23.2 Å². The molecule has 0 unspecified atom stereocenters. The lowest BCUT2D eigenvalue weighted by Gasteiger charge is -2.09. The minimum absolute atomic E-state index is 0.0378. The van der Waals surface area contributed by atoms with Crippen molar-refractivity contribution in [2.75, 3.05) is 12.4 Å². The van der Waals surface area contributed by atoms with Crippen molar-refractivity contribution < 1.29 is 19.2 Å². The van der Waals surface area contributed by atoms with Gasteiger partial charge in [-0.05, 0) is 36.4 Å². The van der Waals surface area contributed by atoms with Gasteiger partial charge in [-0.1, -0.05) is 0 Å². The number of methoxy groups -OCH3 is 1. The van der Waals surface area contributed by atoms with E-state index in [1.54, 1.807) is 18.3 Å². The molecule has 0 radical (unpaired) electrons. The van der Waals surface area contributed by atoms with Gasteiger partial charge in [0.1, 0.15) is 12.1 Å². The first-order valence-corrected chi connectivity index (χ1v) is 7.61. The Morgan fingerprint density at radius 2 is 1.96 bits per heavy atom. The maximum Gasteiger partial charge on any atom is 0.373 e. The van der Waals surface area contributed by atoms with Crippen LogP contribution in [0.25, 0.3) is 0 Å². The topological polar surface area (TPSA) is 129 Å². The van der Waals surface area contributed by atoms with Crippen LogP contribution in [-0.2, 0) is 4.74 Å². The highest BCUT2D eigenvalue weighted by atomic mass is 16.6. The van der Waals surface area contributed by atoms with Gasteiger partial charge < -0.3 is 14.8 Å². The molecule has 0 aliphatic rings. The molecular formula is C17H13N5O5. The van der Waals surface area contributed by atoms with Crippen LogP contribution in [0.4, 0.5) is 17.2 Å². The van der Waals surface area contributed by atoms with E-state index in [0.717, 1.165) is 6.33 Å². The number of nitro groups is 1. The zero-order valence-corrected chi connectivity index (χ0v) is 14.0. The van der Waals surface area contributed by atoms with Gasteiger partial charge in [-0.25, -0.2) is 9.78 Å². The van der Waals surface area contributed by atoms with Crippen molar-refractivity contribution in [2.45, 2.75) is 0 Å². The first-order chi connectivity index (χ1) is 13.1. The quantitative estimate of drug-likeness (QED) is 0.397. The van der Waals surface area contributed by atoms with E-state index in [-0.39, 0.29) is 17.4 Å². The Labute approximate surface area is 153 Å². The molecule has 2 aromatic heterocycles. The van der Waals surface area contributed by atoms with Gasteiger partial charge in [0.2, 0.25) is 5.82 Å². The number of hydrogen-bond acceptors (Lipinski definition) is 9. The average Bonchev–Trinajstić information content (AvgIpc) is 2.68. The molecule has 0 aliphatic carbocycles. The Morgan fingerprint density at radius 1 is 1.19 bits per heavy atom. The van der Waals surface area contributed by atoms with Crippen molar-refractivity contribution in [3.63, 3.8) is 0 Å². The third-order valence-electron chi connectivity index (χ3n) is 3.39. The highest BCUT2D eigenvalue weighted by Crippen LogP contribution is 2.35. The Bertz CT molecular complexity index is 963. The van der Waals surface area contributed by atoms with Crippen molar-refractivity contribution in [2.24, 2.45) is 0 Å². The minimum atomic E-state index is -0.642. The summed E-state index contributed by atoms with van der Waals surface area (Å²) in [6.07, 6.45) is 4.22. The molecule has 136 valence electrons. The summed E-state index contributed by atoms with van der Waals surface area (Å²) in [4.78, 5) is 34.0. The average molecular weight is 367 g/mol. The van der Waals surface area contributed by atoms with Crippen molar-refractivity contribution in [3.05, 3.63) is 70.8 Å². The minimum Gasteiger partial charge on any atom is -0.465 e. The highest BCUT2D eigenvalue weighted by Gasteiger charge is 2.25. The molecule has 3 rings (SSSR count). The number of nitrogens with one attached hydrogen (secondary N) is 1. The highest BCUT2D eigenvalue weighted by molar-refractivity contribution is 5.89. The molecule has 1 N–H and O–H groups in total. The van der Waals surface area contributed by atoms with E-state index in [2.05, 4.69) is 25.0 Å². The van der Waals surface area contributed by atoms with E-state index in [9.17, 15) is 14.9 Å². The second-order valence-corrected chi connectivity index (χ2v) is 5.12. The van der Waals surface area contributed by atoms with Gasteiger partial charge in [0.25, 0.3) is 0 Å². The number of hydrogen-bond donors (Lipinski definition) is 1. The Balaban J connectivity index is 1.90. The summed E-state index contributed by atoms with van der Waals surface area (Å²) >= 11 is 0. The number of aromatic nitrogens is 3. The van der Waals surface area contributed by atoms with Crippen LogP contribution in [-0.4, -0.2) is 33.0 Å². The summed E-state index contributed by atoms with van der Waals surface area (Å²) in [5.74, 6) is -0.523. The van der Waals surface area contributed by atoms with E-state index in [0.29, 0.717) is 11.3 Å². The Kier molecular flexibility index (Phi) is 5.17. The summed E-state index contributed by atoms with van der Waals surface area (Å²) in [6, 6.07) is 9.27. The van der Waals surface area contributed by atoms with E-state index < -0.39 is 16.6 Å². The fraction of sp³-hybridized carbons (Fsp3) is 0.0588. The lowest BCUT2D eigenvalue weighted by atomic mass is 10.2. The molecule has 0 fully saturated rings. The number of esters is 1. The number of ether oxygens (including phenoxy) is 2. The van der Waals surface area contributed by atoms with Crippen LogP contribution in [0.5, 0.6) is 11.6 Å². The molecule has 0 spiro atoms. The van der Waals surface area contributed by atoms with Crippen molar-refractivity contribution in [1.29, 1.82) is 0 Å². The first-order valence-electron chi connectivity index (χ1n) is 7.61. The van der Waals surface area contributed by atoms with Gasteiger partial charge in [-0.15, -0.1) is 0 Å². The normalized spacial score (nSPS) is 10.1. The van der Waals surface area contributed by atoms with E-state index in [4.69, 9.17) is 4.74 Å². The van der Waals surface area contributed by atoms with Crippen LogP contribution in [0.2, 0.25) is 0 Å². The van der Waals surface area contributed by atoms with E-state index >= 15 is 0 Å². The summed E-state index contributed by atoms with van der Waals surface area (Å²) in [7, 11) is 1.27. The van der Waals surface area contributed by atoms with Crippen molar-refractivity contribution in [3.8, 4) is 11.6 Å². The number of benzene rings is 1. The lowest BCUT2D eigenvalue weighted by molar-refractivity contribution is -0.385. The smallest absolute Gasteiger partial charge is 0.373 e. The molecular weight excluding hydrogens is 354 g/mol. The third-order valence-corrected chi connectivity index (χ3v) is 3.39. The molecule has 10 nitrogen and oxygen atoms in total. The third kappa shape index (κ3) is 4.12. The summed E-state index contributed by atoms with van der Waals surface area (Å²) in [5, 5.41) is 14.3. The molecule has 27 heavy (non-hydrogen) atoms. The van der Waals surface area contributed by atoms with Crippen molar-refractivity contribution in [1.82, 2.24) is 15.0 Å². The molecule has 0 saturated carbocycles. The predicted octanol–water partition coefficient (Wildman–Crippen LogP) is 3.10. The van der Waals surface area contributed by atoms with Gasteiger partial charge >= 0.3 is 17.5 Å². The molecule has 0 saturated heterocycles. The summed E-state index contributed by atoms with van der Waals surface area (Å²) < 4.78 is 10.1. The van der Waals surface area contributed by atoms with E-state index in [1.165, 1.54) is 37.6 Å². The zero-order chi connectivity index (χ0) is 19.2. The summed E-state index contributed by atoms with van der Waals surface area (Å²) in [6.45, 7) is 0. The molecule has 3 aromatic rings. The predicted molar refractivity (Wildman–Crippen MR) is 94.1 cm³/mol. The second-order valence-electron chi connectivity index (χ2n) is 5.12. The SMILES string of the molecule is COC(=O)c1ccc(Oc2ncnc(Nc3cccnc3)c2[N+](=O)[O-])cc1. The number of anilines is 2. The first kappa shape index (κ1) is 17.7. The Hall–Kier alpha value is -4.08. The number of pyridine rings is 1. The Morgan fingerprint density at radius 3 is 2.59 bits per heavy atom. The standard InChI is InChI=1S/C17H13N5O5/c1-26-17(23)11-4-6-13(7-5-11)27-16-14(22(24)25)15(19-10-20-16)21-12-3-2-8-18-9-12/h2-10H,1H3,(H,19,20,21). The number of nitrogens with zero attached hydrogens (tertiary/aromatic N) is 4. The number of carbonyl (C=O) groups excluding carboxylic acids is 1. The van der Waals surface area contributed by atoms with E-state index in [1.807, 2.05) is 0 Å². The fourth-order valence-electron chi connectivity index (χ4n) is 2.16. The van der Waals surface area contributed by atoms with Gasteiger partial charge in [-0.3, -0.25) is 15.1 Å². The molecule has 0 aliphatic heterocycles. The number of rotatable bonds is 6. The zero-order valence-electron chi connectivity index (χ0n) is 14.0. The van der Waals surface area contributed by atoms with Crippen LogP contribution in [0.15, 0.2) is 55.1 Å². The van der Waals surface area contributed by atoms with Gasteiger partial charge in [0.05, 0.1) is 29.5 Å². The largest absolute Gasteiger partial charge is 0.465 e.